The largest absolute Gasteiger partial charge is 0.299 e. The Balaban J connectivity index is 2.06. The molecule has 0 saturated heterocycles. The molecule has 0 spiro atoms. The summed E-state index contributed by atoms with van der Waals surface area (Å²) in [5.74, 6) is 0.378. The van der Waals surface area contributed by atoms with Crippen LogP contribution in [0.5, 0.6) is 0 Å². The van der Waals surface area contributed by atoms with Gasteiger partial charge in [-0.15, -0.1) is 0 Å². The molecule has 0 bridgehead atoms. The molecule has 72 valence electrons. The van der Waals surface area contributed by atoms with Crippen LogP contribution in [-0.2, 0) is 4.79 Å². The van der Waals surface area contributed by atoms with Gasteiger partial charge in [0.25, 0.3) is 0 Å². The van der Waals surface area contributed by atoms with Gasteiger partial charge in [0.1, 0.15) is 11.2 Å². The lowest BCUT2D eigenvalue weighted by atomic mass is 10.1. The normalized spacial score (nSPS) is 17.1. The van der Waals surface area contributed by atoms with Crippen LogP contribution in [0.15, 0.2) is 0 Å². The van der Waals surface area contributed by atoms with Gasteiger partial charge in [0.2, 0.25) is 11.0 Å². The Labute approximate surface area is 84.9 Å². The van der Waals surface area contributed by atoms with Crippen LogP contribution in [0.3, 0.4) is 0 Å². The maximum Gasteiger partial charge on any atom is 0.246 e. The van der Waals surface area contributed by atoms with Crippen molar-refractivity contribution in [2.45, 2.75) is 19.8 Å². The molecule has 1 aromatic heterocycles. The summed E-state index contributed by atoms with van der Waals surface area (Å²) in [6, 6.07) is 2.02. The van der Waals surface area contributed by atoms with Crippen LogP contribution in [0.4, 0.5) is 5.13 Å². The first kappa shape index (κ1) is 9.09. The van der Waals surface area contributed by atoms with Gasteiger partial charge in [-0.05, 0) is 19.8 Å². The lowest BCUT2D eigenvalue weighted by Crippen LogP contribution is -2.22. The Morgan fingerprint density at radius 1 is 1.71 bits per heavy atom. The molecule has 0 aliphatic heterocycles. The molecule has 2 rings (SSSR count). The van der Waals surface area contributed by atoms with Gasteiger partial charge in [-0.2, -0.15) is 9.64 Å². The van der Waals surface area contributed by atoms with Gasteiger partial charge in [-0.1, -0.05) is 0 Å². The molecule has 1 aliphatic rings. The zero-order valence-electron chi connectivity index (χ0n) is 7.57. The van der Waals surface area contributed by atoms with Crippen LogP contribution in [0.25, 0.3) is 0 Å². The zero-order valence-corrected chi connectivity index (χ0v) is 8.39. The summed E-state index contributed by atoms with van der Waals surface area (Å²) in [5.41, 5.74) is -0.792. The van der Waals surface area contributed by atoms with Crippen LogP contribution in [-0.4, -0.2) is 15.3 Å². The SMILES string of the molecule is Cc1nsc(NC(=O)C2(C#N)CC2)n1. The molecule has 5 nitrogen and oxygen atoms in total. The summed E-state index contributed by atoms with van der Waals surface area (Å²) >= 11 is 1.13. The van der Waals surface area contributed by atoms with Crippen molar-refractivity contribution in [3.8, 4) is 6.07 Å². The third-order valence-corrected chi connectivity index (χ3v) is 2.87. The average molecular weight is 208 g/mol. The Hall–Kier alpha value is -1.48. The minimum Gasteiger partial charge on any atom is -0.299 e. The van der Waals surface area contributed by atoms with Crippen molar-refractivity contribution in [1.29, 1.82) is 5.26 Å². The Morgan fingerprint density at radius 3 is 2.86 bits per heavy atom. The van der Waals surface area contributed by atoms with E-state index in [4.69, 9.17) is 5.26 Å². The fourth-order valence-electron chi connectivity index (χ4n) is 1.08. The molecule has 1 aromatic rings. The molecule has 1 amide bonds. The highest BCUT2D eigenvalue weighted by Crippen LogP contribution is 2.45. The number of carbonyl (C=O) groups is 1. The Kier molecular flexibility index (Phi) is 1.97. The number of aromatic nitrogens is 2. The van der Waals surface area contributed by atoms with E-state index in [1.54, 1.807) is 6.92 Å². The van der Waals surface area contributed by atoms with E-state index in [1.807, 2.05) is 6.07 Å². The average Bonchev–Trinajstić information content (AvgIpc) is 2.87. The van der Waals surface area contributed by atoms with Crippen LogP contribution >= 0.6 is 11.5 Å². The minimum atomic E-state index is -0.792. The molecule has 1 fully saturated rings. The molecule has 14 heavy (non-hydrogen) atoms. The summed E-state index contributed by atoms with van der Waals surface area (Å²) in [6.45, 7) is 1.75. The van der Waals surface area contributed by atoms with Crippen LogP contribution in [0.1, 0.15) is 18.7 Å². The second-order valence-corrected chi connectivity index (χ2v) is 4.05. The first-order valence-electron chi connectivity index (χ1n) is 4.19. The number of nitrogens with one attached hydrogen (secondary N) is 1. The highest BCUT2D eigenvalue weighted by atomic mass is 32.1. The second kappa shape index (κ2) is 3.03. The molecule has 0 atom stereocenters. The van der Waals surface area contributed by atoms with E-state index in [1.165, 1.54) is 0 Å². The lowest BCUT2D eigenvalue weighted by Gasteiger charge is -2.03. The van der Waals surface area contributed by atoms with Gasteiger partial charge in [-0.3, -0.25) is 10.1 Å². The van der Waals surface area contributed by atoms with Crippen molar-refractivity contribution in [2.75, 3.05) is 5.32 Å². The van der Waals surface area contributed by atoms with Crippen molar-refractivity contribution < 1.29 is 4.79 Å². The van der Waals surface area contributed by atoms with Crippen LogP contribution < -0.4 is 5.32 Å². The summed E-state index contributed by atoms with van der Waals surface area (Å²) in [6.07, 6.45) is 1.29. The van der Waals surface area contributed by atoms with Crippen molar-refractivity contribution in [1.82, 2.24) is 9.36 Å². The number of nitrogens with zero attached hydrogens (tertiary/aromatic N) is 3. The number of anilines is 1. The summed E-state index contributed by atoms with van der Waals surface area (Å²) in [5, 5.41) is 11.8. The van der Waals surface area contributed by atoms with E-state index >= 15 is 0 Å². The number of aryl methyl sites for hydroxylation is 1. The van der Waals surface area contributed by atoms with E-state index in [9.17, 15) is 4.79 Å². The van der Waals surface area contributed by atoms with Crippen molar-refractivity contribution in [2.24, 2.45) is 5.41 Å². The standard InChI is InChI=1S/C8H8N4OS/c1-5-10-7(14-12-5)11-6(13)8(4-9)2-3-8/h2-3H2,1H3,(H,10,11,12,13). The predicted molar refractivity (Wildman–Crippen MR) is 50.6 cm³/mol. The fraction of sp³-hybridized carbons (Fsp3) is 0.500. The van der Waals surface area contributed by atoms with Gasteiger partial charge in [0.15, 0.2) is 0 Å². The first-order chi connectivity index (χ1) is 6.66. The quantitative estimate of drug-likeness (QED) is 0.789. The van der Waals surface area contributed by atoms with Gasteiger partial charge in [0.05, 0.1) is 6.07 Å². The van der Waals surface area contributed by atoms with E-state index < -0.39 is 5.41 Å². The van der Waals surface area contributed by atoms with E-state index in [-0.39, 0.29) is 5.91 Å². The number of hydrogen-bond donors (Lipinski definition) is 1. The Bertz CT molecular complexity index is 415. The molecule has 1 N–H and O–H groups in total. The molecule has 6 heteroatoms. The van der Waals surface area contributed by atoms with Crippen LogP contribution in [0, 0.1) is 23.7 Å². The second-order valence-electron chi connectivity index (χ2n) is 3.29. The van der Waals surface area contributed by atoms with E-state index in [0.717, 1.165) is 11.5 Å². The maximum absolute atomic E-state index is 11.5. The third-order valence-electron chi connectivity index (χ3n) is 2.15. The van der Waals surface area contributed by atoms with Gasteiger partial charge < -0.3 is 0 Å². The highest BCUT2D eigenvalue weighted by molar-refractivity contribution is 7.09. The van der Waals surface area contributed by atoms with Crippen molar-refractivity contribution in [3.05, 3.63) is 5.82 Å². The van der Waals surface area contributed by atoms with Gasteiger partial charge in [0, 0.05) is 11.5 Å². The molecule has 1 aliphatic carbocycles. The number of rotatable bonds is 2. The molecule has 0 aromatic carbocycles. The third kappa shape index (κ3) is 1.46. The Morgan fingerprint density at radius 2 is 2.43 bits per heavy atom. The molecular weight excluding hydrogens is 200 g/mol. The molecule has 0 radical (unpaired) electrons. The van der Waals surface area contributed by atoms with E-state index in [2.05, 4.69) is 14.7 Å². The zero-order chi connectivity index (χ0) is 10.2. The summed E-state index contributed by atoms with van der Waals surface area (Å²) in [7, 11) is 0. The molecular formula is C8H8N4OS. The van der Waals surface area contributed by atoms with E-state index in [0.29, 0.717) is 23.8 Å². The molecule has 1 saturated carbocycles. The smallest absolute Gasteiger partial charge is 0.246 e. The first-order valence-corrected chi connectivity index (χ1v) is 4.97. The highest BCUT2D eigenvalue weighted by Gasteiger charge is 2.50. The maximum atomic E-state index is 11.5. The van der Waals surface area contributed by atoms with Crippen LogP contribution in [0.2, 0.25) is 0 Å². The fourth-order valence-corrected chi connectivity index (χ4v) is 1.65. The molecule has 1 heterocycles. The van der Waals surface area contributed by atoms with Crippen molar-refractivity contribution in [3.63, 3.8) is 0 Å². The molecule has 0 unspecified atom stereocenters. The number of carbonyl (C=O) groups excluding carboxylic acids is 1. The topological polar surface area (TPSA) is 78.7 Å². The number of amides is 1. The number of nitriles is 1. The van der Waals surface area contributed by atoms with Gasteiger partial charge in [-0.25, -0.2) is 4.98 Å². The lowest BCUT2D eigenvalue weighted by molar-refractivity contribution is -0.119. The van der Waals surface area contributed by atoms with Crippen molar-refractivity contribution >= 4 is 22.6 Å². The summed E-state index contributed by atoms with van der Waals surface area (Å²) < 4.78 is 3.93. The number of hydrogen-bond acceptors (Lipinski definition) is 5. The minimum absolute atomic E-state index is 0.254. The monoisotopic (exact) mass is 208 g/mol. The van der Waals surface area contributed by atoms with Gasteiger partial charge >= 0.3 is 0 Å². The summed E-state index contributed by atoms with van der Waals surface area (Å²) in [4.78, 5) is 15.5. The predicted octanol–water partition coefficient (Wildman–Crippen LogP) is 1.09.